The van der Waals surface area contributed by atoms with E-state index in [-0.39, 0.29) is 5.91 Å². The highest BCUT2D eigenvalue weighted by atomic mass is 35.5. The van der Waals surface area contributed by atoms with Crippen LogP contribution < -0.4 is 10.1 Å². The van der Waals surface area contributed by atoms with Crippen molar-refractivity contribution < 1.29 is 9.53 Å². The van der Waals surface area contributed by atoms with E-state index in [1.807, 2.05) is 25.8 Å². The molecule has 1 rings (SSSR count). The summed E-state index contributed by atoms with van der Waals surface area (Å²) in [7, 11) is 3.45. The molecular weight excluding hydrogens is 276 g/mol. The zero-order chi connectivity index (χ0) is 15.1. The molecule has 20 heavy (non-hydrogen) atoms. The van der Waals surface area contributed by atoms with E-state index in [1.165, 1.54) is 5.57 Å². The summed E-state index contributed by atoms with van der Waals surface area (Å²) in [6, 6.07) is 5.12. The molecule has 110 valence electrons. The molecule has 0 bridgehead atoms. The van der Waals surface area contributed by atoms with Crippen LogP contribution in [0.2, 0.25) is 5.02 Å². The Hall–Kier alpha value is -1.52. The molecule has 1 aromatic rings. The number of likely N-dealkylation sites (N-methyl/N-ethyl adjacent to an activating group) is 1. The molecule has 0 aliphatic carbocycles. The summed E-state index contributed by atoms with van der Waals surface area (Å²) in [4.78, 5) is 13.9. The predicted octanol–water partition coefficient (Wildman–Crippen LogP) is 3.19. The Morgan fingerprint density at radius 3 is 2.75 bits per heavy atom. The fraction of sp³-hybridized carbons (Fsp3) is 0.400. The number of carbonyl (C=O) groups is 1. The second-order valence-electron chi connectivity index (χ2n) is 4.87. The van der Waals surface area contributed by atoms with E-state index >= 15 is 0 Å². The lowest BCUT2D eigenvalue weighted by molar-refractivity contribution is -0.116. The molecule has 0 unspecified atom stereocenters. The SMILES string of the molecule is COc1ccc(Cl)cc1NC(=O)CN(C)CC=C(C)C. The number of amides is 1. The van der Waals surface area contributed by atoms with Crippen molar-refractivity contribution in [3.8, 4) is 5.75 Å². The van der Waals surface area contributed by atoms with Crippen LogP contribution >= 0.6 is 11.6 Å². The topological polar surface area (TPSA) is 41.6 Å². The lowest BCUT2D eigenvalue weighted by atomic mass is 10.3. The molecule has 0 aliphatic rings. The standard InChI is InChI=1S/C15H21ClN2O2/c1-11(2)7-8-18(3)10-15(19)17-13-9-12(16)5-6-14(13)20-4/h5-7,9H,8,10H2,1-4H3,(H,17,19). The van der Waals surface area contributed by atoms with Crippen molar-refractivity contribution in [1.82, 2.24) is 4.90 Å². The van der Waals surface area contributed by atoms with Gasteiger partial charge >= 0.3 is 0 Å². The summed E-state index contributed by atoms with van der Waals surface area (Å²) in [5.41, 5.74) is 1.81. The lowest BCUT2D eigenvalue weighted by Gasteiger charge is -2.15. The van der Waals surface area contributed by atoms with Crippen molar-refractivity contribution in [2.75, 3.05) is 32.6 Å². The Morgan fingerprint density at radius 1 is 1.45 bits per heavy atom. The van der Waals surface area contributed by atoms with Crippen molar-refractivity contribution in [3.05, 3.63) is 34.9 Å². The van der Waals surface area contributed by atoms with E-state index < -0.39 is 0 Å². The number of halogens is 1. The molecule has 0 spiro atoms. The molecule has 0 heterocycles. The van der Waals surface area contributed by atoms with Gasteiger partial charge < -0.3 is 10.1 Å². The molecule has 0 aromatic heterocycles. The minimum atomic E-state index is -0.102. The van der Waals surface area contributed by atoms with Gasteiger partial charge in [-0.1, -0.05) is 23.3 Å². The van der Waals surface area contributed by atoms with Gasteiger partial charge in [0.25, 0.3) is 0 Å². The summed E-state index contributed by atoms with van der Waals surface area (Å²) in [6.45, 7) is 5.11. The number of anilines is 1. The molecule has 0 atom stereocenters. The fourth-order valence-corrected chi connectivity index (χ4v) is 1.79. The maximum atomic E-state index is 12.0. The first kappa shape index (κ1) is 16.5. The second kappa shape index (κ2) is 7.92. The van der Waals surface area contributed by atoms with E-state index in [2.05, 4.69) is 11.4 Å². The van der Waals surface area contributed by atoms with E-state index in [0.29, 0.717) is 23.0 Å². The van der Waals surface area contributed by atoms with Crippen LogP contribution in [0, 0.1) is 0 Å². The Kier molecular flexibility index (Phi) is 6.55. The maximum absolute atomic E-state index is 12.0. The summed E-state index contributed by atoms with van der Waals surface area (Å²) in [5.74, 6) is 0.491. The molecule has 5 heteroatoms. The van der Waals surface area contributed by atoms with Crippen molar-refractivity contribution in [3.63, 3.8) is 0 Å². The predicted molar refractivity (Wildman–Crippen MR) is 83.6 cm³/mol. The Balaban J connectivity index is 2.62. The number of rotatable bonds is 6. The number of methoxy groups -OCH3 is 1. The first-order valence-corrected chi connectivity index (χ1v) is 6.75. The van der Waals surface area contributed by atoms with Gasteiger partial charge in [0.1, 0.15) is 5.75 Å². The largest absolute Gasteiger partial charge is 0.495 e. The third-order valence-corrected chi connectivity index (χ3v) is 2.90. The van der Waals surface area contributed by atoms with Gasteiger partial charge in [0, 0.05) is 11.6 Å². The Bertz CT molecular complexity index is 497. The number of hydrogen-bond donors (Lipinski definition) is 1. The molecule has 0 saturated heterocycles. The summed E-state index contributed by atoms with van der Waals surface area (Å²) in [5, 5.41) is 3.36. The van der Waals surface area contributed by atoms with Gasteiger partial charge in [-0.25, -0.2) is 0 Å². The van der Waals surface area contributed by atoms with Gasteiger partial charge in [-0.15, -0.1) is 0 Å². The number of allylic oxidation sites excluding steroid dienone is 1. The average molecular weight is 297 g/mol. The normalized spacial score (nSPS) is 10.3. The molecule has 0 fully saturated rings. The number of nitrogens with one attached hydrogen (secondary N) is 1. The zero-order valence-corrected chi connectivity index (χ0v) is 13.1. The number of benzene rings is 1. The Labute approximate surface area is 125 Å². The molecule has 4 nitrogen and oxygen atoms in total. The van der Waals surface area contributed by atoms with Crippen molar-refractivity contribution in [2.45, 2.75) is 13.8 Å². The number of carbonyl (C=O) groups excluding carboxylic acids is 1. The minimum Gasteiger partial charge on any atom is -0.495 e. The van der Waals surface area contributed by atoms with Crippen LogP contribution in [0.3, 0.4) is 0 Å². The van der Waals surface area contributed by atoms with Gasteiger partial charge in [-0.05, 0) is 39.1 Å². The van der Waals surface area contributed by atoms with Gasteiger partial charge in [-0.2, -0.15) is 0 Å². The zero-order valence-electron chi connectivity index (χ0n) is 12.4. The van der Waals surface area contributed by atoms with Gasteiger partial charge in [-0.3, -0.25) is 9.69 Å². The van der Waals surface area contributed by atoms with Crippen LogP contribution in [-0.2, 0) is 4.79 Å². The van der Waals surface area contributed by atoms with E-state index in [0.717, 1.165) is 6.54 Å². The van der Waals surface area contributed by atoms with E-state index in [1.54, 1.807) is 25.3 Å². The summed E-state index contributed by atoms with van der Waals surface area (Å²) < 4.78 is 5.19. The molecule has 1 N–H and O–H groups in total. The highest BCUT2D eigenvalue weighted by Gasteiger charge is 2.10. The molecule has 1 aromatic carbocycles. The van der Waals surface area contributed by atoms with Crippen molar-refractivity contribution in [1.29, 1.82) is 0 Å². The highest BCUT2D eigenvalue weighted by molar-refractivity contribution is 6.31. The molecule has 0 saturated carbocycles. The summed E-state index contributed by atoms with van der Waals surface area (Å²) in [6.07, 6.45) is 2.08. The number of hydrogen-bond acceptors (Lipinski definition) is 3. The highest BCUT2D eigenvalue weighted by Crippen LogP contribution is 2.27. The minimum absolute atomic E-state index is 0.102. The van der Waals surface area contributed by atoms with Gasteiger partial charge in [0.15, 0.2) is 0 Å². The van der Waals surface area contributed by atoms with Crippen LogP contribution in [0.1, 0.15) is 13.8 Å². The van der Waals surface area contributed by atoms with Crippen LogP contribution in [0.25, 0.3) is 0 Å². The number of nitrogens with zero attached hydrogens (tertiary/aromatic N) is 1. The van der Waals surface area contributed by atoms with Crippen LogP contribution in [0.15, 0.2) is 29.8 Å². The Morgan fingerprint density at radius 2 is 2.15 bits per heavy atom. The fourth-order valence-electron chi connectivity index (χ4n) is 1.62. The second-order valence-corrected chi connectivity index (χ2v) is 5.31. The van der Waals surface area contributed by atoms with Crippen LogP contribution in [0.5, 0.6) is 5.75 Å². The molecule has 0 aliphatic heterocycles. The van der Waals surface area contributed by atoms with Crippen molar-refractivity contribution >= 4 is 23.2 Å². The lowest BCUT2D eigenvalue weighted by Crippen LogP contribution is -2.30. The third-order valence-electron chi connectivity index (χ3n) is 2.66. The number of ether oxygens (including phenoxy) is 1. The van der Waals surface area contributed by atoms with E-state index in [4.69, 9.17) is 16.3 Å². The average Bonchev–Trinajstić information content (AvgIpc) is 2.36. The third kappa shape index (κ3) is 5.63. The maximum Gasteiger partial charge on any atom is 0.238 e. The van der Waals surface area contributed by atoms with Gasteiger partial charge in [0.05, 0.1) is 19.3 Å². The van der Waals surface area contributed by atoms with Crippen molar-refractivity contribution in [2.24, 2.45) is 0 Å². The molecular formula is C15H21ClN2O2. The summed E-state index contributed by atoms with van der Waals surface area (Å²) >= 11 is 5.92. The van der Waals surface area contributed by atoms with Crippen LogP contribution in [-0.4, -0.2) is 38.1 Å². The van der Waals surface area contributed by atoms with E-state index in [9.17, 15) is 4.79 Å². The first-order chi connectivity index (χ1) is 9.42. The van der Waals surface area contributed by atoms with Crippen LogP contribution in [0.4, 0.5) is 5.69 Å². The first-order valence-electron chi connectivity index (χ1n) is 6.37. The smallest absolute Gasteiger partial charge is 0.238 e. The quantitative estimate of drug-likeness (QED) is 0.820. The monoisotopic (exact) mass is 296 g/mol. The molecule has 0 radical (unpaired) electrons. The molecule has 1 amide bonds. The van der Waals surface area contributed by atoms with Gasteiger partial charge in [0.2, 0.25) is 5.91 Å².